The van der Waals surface area contributed by atoms with Gasteiger partial charge in [0.15, 0.2) is 0 Å². The lowest BCUT2D eigenvalue weighted by Gasteiger charge is -2.20. The second kappa shape index (κ2) is 8.81. The number of phosphoric ester groups is 1. The first-order valence-corrected chi connectivity index (χ1v) is 10.1. The van der Waals surface area contributed by atoms with E-state index in [1.54, 1.807) is 24.3 Å². The van der Waals surface area contributed by atoms with Crippen LogP contribution in [0.5, 0.6) is 0 Å². The van der Waals surface area contributed by atoms with Gasteiger partial charge in [-0.2, -0.15) is 0 Å². The number of anilines is 1. The number of hydrogen-bond acceptors (Lipinski definition) is 7. The van der Waals surface area contributed by atoms with E-state index in [-0.39, 0.29) is 5.13 Å². The molecule has 9 nitrogen and oxygen atoms in total. The summed E-state index contributed by atoms with van der Waals surface area (Å²) >= 11 is 17.5. The number of rotatable bonds is 6. The zero-order chi connectivity index (χ0) is 19.4. The van der Waals surface area contributed by atoms with Crippen LogP contribution in [0.2, 0.25) is 0 Å². The molecule has 0 spiro atoms. The zero-order valence-electron chi connectivity index (χ0n) is 12.7. The Hall–Kier alpha value is -0.970. The summed E-state index contributed by atoms with van der Waals surface area (Å²) in [5, 5.41) is 8.20. The maximum absolute atomic E-state index is 12.2. The number of aromatic nitrogens is 2. The lowest BCUT2D eigenvalue weighted by molar-refractivity contribution is 0.143. The van der Waals surface area contributed by atoms with Crippen LogP contribution in [0, 0.1) is 0 Å². The summed E-state index contributed by atoms with van der Waals surface area (Å²) < 4.78 is 18.2. The van der Waals surface area contributed by atoms with Gasteiger partial charge < -0.3 is 14.5 Å². The van der Waals surface area contributed by atoms with E-state index >= 15 is 0 Å². The molecule has 0 fully saturated rings. The maximum atomic E-state index is 12.2. The lowest BCUT2D eigenvalue weighted by atomic mass is 10.2. The first kappa shape index (κ1) is 21.3. The zero-order valence-corrected chi connectivity index (χ0v) is 16.6. The molecule has 0 unspecified atom stereocenters. The van der Waals surface area contributed by atoms with Gasteiger partial charge in [-0.25, -0.2) is 14.3 Å². The van der Waals surface area contributed by atoms with Crippen molar-refractivity contribution >= 4 is 65.2 Å². The quantitative estimate of drug-likeness (QED) is 0.379. The molecule has 142 valence electrons. The Morgan fingerprint density at radius 1 is 1.23 bits per heavy atom. The van der Waals surface area contributed by atoms with Crippen molar-refractivity contribution < 1.29 is 28.4 Å². The molecule has 0 saturated carbocycles. The highest BCUT2D eigenvalue weighted by atomic mass is 35.6. The summed E-state index contributed by atoms with van der Waals surface area (Å²) in [6.45, 7) is -1.43. The Morgan fingerprint density at radius 2 is 1.88 bits per heavy atom. The fraction of sp³-hybridized carbons (Fsp3) is 0.250. The monoisotopic (exact) mass is 461 g/mol. The normalized spacial score (nSPS) is 12.0. The molecule has 14 heteroatoms. The molecule has 2 N–H and O–H groups in total. The van der Waals surface area contributed by atoms with Gasteiger partial charge in [0.05, 0.1) is 0 Å². The maximum Gasteiger partial charge on any atom is 0.471 e. The minimum absolute atomic E-state index is 0.0216. The summed E-state index contributed by atoms with van der Waals surface area (Å²) in [5.41, 5.74) is 0.738. The van der Waals surface area contributed by atoms with Crippen molar-refractivity contribution in [3.63, 3.8) is 0 Å². The van der Waals surface area contributed by atoms with Gasteiger partial charge in [-0.05, 0) is 0 Å². The van der Waals surface area contributed by atoms with Crippen molar-refractivity contribution in [3.05, 3.63) is 30.3 Å². The van der Waals surface area contributed by atoms with E-state index in [4.69, 9.17) is 49.3 Å². The Bertz CT molecular complexity index is 797. The second-order valence-electron chi connectivity index (χ2n) is 4.60. The van der Waals surface area contributed by atoms with Crippen molar-refractivity contribution in [1.29, 1.82) is 0 Å². The molecule has 0 atom stereocenters. The highest BCUT2D eigenvalue weighted by Crippen LogP contribution is 2.37. The predicted octanol–water partition coefficient (Wildman–Crippen LogP) is 3.59. The van der Waals surface area contributed by atoms with Crippen LogP contribution in [-0.4, -0.2) is 43.2 Å². The summed E-state index contributed by atoms with van der Waals surface area (Å²) in [4.78, 5) is 30.6. The molecule has 2 rings (SSSR count). The van der Waals surface area contributed by atoms with Crippen molar-refractivity contribution in [2.24, 2.45) is 0 Å². The molecule has 1 aromatic heterocycles. The van der Waals surface area contributed by atoms with Crippen LogP contribution in [-0.2, 0) is 13.8 Å². The van der Waals surface area contributed by atoms with Crippen molar-refractivity contribution in [3.8, 4) is 10.6 Å². The van der Waals surface area contributed by atoms with Crippen molar-refractivity contribution in [2.45, 2.75) is 3.79 Å². The van der Waals surface area contributed by atoms with Crippen LogP contribution < -0.4 is 4.90 Å². The minimum Gasteiger partial charge on any atom is -0.445 e. The molecule has 0 bridgehead atoms. The fourth-order valence-electron chi connectivity index (χ4n) is 1.56. The van der Waals surface area contributed by atoms with Crippen LogP contribution in [0.25, 0.3) is 10.6 Å². The number of halogens is 3. The molecular formula is C12H11Cl3N3O6PS. The van der Waals surface area contributed by atoms with Gasteiger partial charge in [0.2, 0.25) is 8.92 Å². The van der Waals surface area contributed by atoms with Gasteiger partial charge in [-0.15, -0.1) is 10.2 Å². The predicted molar refractivity (Wildman–Crippen MR) is 97.5 cm³/mol. The van der Waals surface area contributed by atoms with Crippen LogP contribution in [0.1, 0.15) is 0 Å². The van der Waals surface area contributed by atoms with Gasteiger partial charge >= 0.3 is 13.9 Å². The molecule has 0 aliphatic heterocycles. The minimum atomic E-state index is -4.85. The van der Waals surface area contributed by atoms with Crippen molar-refractivity contribution in [1.82, 2.24) is 10.2 Å². The van der Waals surface area contributed by atoms with Gasteiger partial charge in [-0.1, -0.05) is 76.5 Å². The number of carbonyl (C=O) groups is 1. The third-order valence-corrected chi connectivity index (χ3v) is 4.38. The molecule has 26 heavy (non-hydrogen) atoms. The topological polar surface area (TPSA) is 122 Å². The van der Waals surface area contributed by atoms with Crippen molar-refractivity contribution in [2.75, 3.05) is 18.2 Å². The van der Waals surface area contributed by atoms with Crippen LogP contribution in [0.4, 0.5) is 9.93 Å². The number of phosphoric acid groups is 1. The average molecular weight is 463 g/mol. The lowest BCUT2D eigenvalue weighted by Crippen LogP contribution is -2.35. The molecule has 0 saturated heterocycles. The van der Waals surface area contributed by atoms with Crippen LogP contribution in [0.15, 0.2) is 30.3 Å². The first-order valence-electron chi connectivity index (χ1n) is 6.65. The van der Waals surface area contributed by atoms with E-state index in [1.165, 1.54) is 0 Å². The molecule has 0 aliphatic carbocycles. The summed E-state index contributed by atoms with van der Waals surface area (Å²) in [6, 6.07) is 8.96. The van der Waals surface area contributed by atoms with Gasteiger partial charge in [0, 0.05) is 5.56 Å². The third kappa shape index (κ3) is 6.98. The number of hydrogen-bond donors (Lipinski definition) is 2. The number of benzene rings is 1. The molecule has 1 amide bonds. The first-order chi connectivity index (χ1) is 12.1. The number of ether oxygens (including phenoxy) is 1. The molecule has 1 aromatic carbocycles. The van der Waals surface area contributed by atoms with Crippen LogP contribution >= 0.6 is 54.0 Å². The fourth-order valence-corrected chi connectivity index (χ4v) is 2.82. The Balaban J connectivity index is 2.21. The number of carbonyl (C=O) groups excluding carboxylic acids is 1. The van der Waals surface area contributed by atoms with Crippen LogP contribution in [0.3, 0.4) is 0 Å². The smallest absolute Gasteiger partial charge is 0.445 e. The summed E-state index contributed by atoms with van der Waals surface area (Å²) in [7, 11) is -4.85. The van der Waals surface area contributed by atoms with E-state index in [0.29, 0.717) is 5.01 Å². The van der Waals surface area contributed by atoms with E-state index in [0.717, 1.165) is 21.8 Å². The van der Waals surface area contributed by atoms with E-state index < -0.39 is 31.0 Å². The van der Waals surface area contributed by atoms with Gasteiger partial charge in [0.1, 0.15) is 18.3 Å². The number of alkyl halides is 3. The highest BCUT2D eigenvalue weighted by Gasteiger charge is 2.29. The molecular weight excluding hydrogens is 452 g/mol. The largest absolute Gasteiger partial charge is 0.471 e. The Labute approximate surface area is 166 Å². The molecule has 1 heterocycles. The van der Waals surface area contributed by atoms with Gasteiger partial charge in [-0.3, -0.25) is 4.52 Å². The molecule has 0 aliphatic rings. The second-order valence-corrected chi connectivity index (χ2v) is 9.31. The van der Waals surface area contributed by atoms with E-state index in [9.17, 15) is 9.36 Å². The SMILES string of the molecule is O=C(OCC(Cl)(Cl)Cl)N(COP(=O)(O)O)c1nnc(-c2ccccc2)s1. The Kier molecular flexibility index (Phi) is 7.23. The van der Waals surface area contributed by atoms with E-state index in [2.05, 4.69) is 14.7 Å². The standard InChI is InChI=1S/C12H11Cl3N3O6PS/c13-12(14,15)6-23-11(19)18(7-24-25(20,21)22)10-17-16-9(26-10)8-4-2-1-3-5-8/h1-5H,6-7H2,(H2,20,21,22). The number of amides is 1. The third-order valence-electron chi connectivity index (χ3n) is 2.60. The summed E-state index contributed by atoms with van der Waals surface area (Å²) in [5.74, 6) is 0. The molecule has 0 radical (unpaired) electrons. The summed E-state index contributed by atoms with van der Waals surface area (Å²) in [6.07, 6.45) is -1.08. The Morgan fingerprint density at radius 3 is 2.46 bits per heavy atom. The average Bonchev–Trinajstić information content (AvgIpc) is 3.02. The van der Waals surface area contributed by atoms with E-state index in [1.807, 2.05) is 6.07 Å². The van der Waals surface area contributed by atoms with Gasteiger partial charge in [0.25, 0.3) is 0 Å². The highest BCUT2D eigenvalue weighted by molar-refractivity contribution is 7.46. The number of nitrogens with zero attached hydrogens (tertiary/aromatic N) is 3. The molecule has 2 aromatic rings.